The van der Waals surface area contributed by atoms with Crippen LogP contribution in [0.2, 0.25) is 0 Å². The van der Waals surface area contributed by atoms with Gasteiger partial charge in [-0.2, -0.15) is 0 Å². The van der Waals surface area contributed by atoms with E-state index in [1.807, 2.05) is 0 Å². The van der Waals surface area contributed by atoms with Gasteiger partial charge in [0.2, 0.25) is 0 Å². The Bertz CT molecular complexity index is 188. The Morgan fingerprint density at radius 3 is 1.59 bits per heavy atom. The van der Waals surface area contributed by atoms with Gasteiger partial charge in [0.15, 0.2) is 0 Å². The molecule has 2 nitrogen and oxygen atoms in total. The molecule has 0 saturated heterocycles. The summed E-state index contributed by atoms with van der Waals surface area (Å²) in [7, 11) is 0. The van der Waals surface area contributed by atoms with Crippen LogP contribution in [-0.2, 0) is 4.79 Å². The number of hydrogen-bond acceptors (Lipinski definition) is 1. The Labute approximate surface area is 108 Å². The number of hydrogen-bond donors (Lipinski definition) is 1. The topological polar surface area (TPSA) is 37.3 Å². The molecule has 0 aromatic carbocycles. The average molecular weight is 244 g/mol. The van der Waals surface area contributed by atoms with Crippen molar-refractivity contribution in [1.29, 1.82) is 0 Å². The van der Waals surface area contributed by atoms with Crippen molar-refractivity contribution in [3.8, 4) is 0 Å². The zero-order valence-electron chi connectivity index (χ0n) is 12.9. The molecule has 0 heterocycles. The largest absolute Gasteiger partial charge is 0.481 e. The van der Waals surface area contributed by atoms with Gasteiger partial charge in [-0.3, -0.25) is 4.79 Å². The highest BCUT2D eigenvalue weighted by Crippen LogP contribution is 2.22. The molecule has 17 heavy (non-hydrogen) atoms. The summed E-state index contributed by atoms with van der Waals surface area (Å²) in [5.41, 5.74) is 0.892. The number of carboxylic acid groups (broad SMARTS) is 1. The third-order valence-corrected chi connectivity index (χ3v) is 1.82. The second-order valence-electron chi connectivity index (χ2n) is 7.52. The molecule has 104 valence electrons. The van der Waals surface area contributed by atoms with Crippen LogP contribution in [0.4, 0.5) is 0 Å². The van der Waals surface area contributed by atoms with E-state index in [0.29, 0.717) is 17.3 Å². The number of carboxylic acids is 1. The molecule has 0 saturated carbocycles. The predicted octanol–water partition coefficient (Wildman–Crippen LogP) is 5.12. The first-order chi connectivity index (χ1) is 7.42. The van der Waals surface area contributed by atoms with Crippen LogP contribution in [0, 0.1) is 10.8 Å². The monoisotopic (exact) mass is 244 g/mol. The Morgan fingerprint density at radius 2 is 1.29 bits per heavy atom. The third-order valence-electron chi connectivity index (χ3n) is 1.82. The summed E-state index contributed by atoms with van der Waals surface area (Å²) in [6.45, 7) is 15.4. The van der Waals surface area contributed by atoms with Crippen molar-refractivity contribution in [2.75, 3.05) is 0 Å². The standard InChI is InChI=1S/C10H20O2.C5H12/c1-10(2,3)8-6-4-5-7-9(11)12;1-5(2,3)4/h4-8H2,1-3H3,(H,11,12);1-4H3. The van der Waals surface area contributed by atoms with Crippen molar-refractivity contribution in [2.24, 2.45) is 10.8 Å². The van der Waals surface area contributed by atoms with Crippen molar-refractivity contribution >= 4 is 5.97 Å². The highest BCUT2D eigenvalue weighted by atomic mass is 16.4. The number of carbonyl (C=O) groups is 1. The van der Waals surface area contributed by atoms with Crippen LogP contribution in [0.1, 0.15) is 80.6 Å². The van der Waals surface area contributed by atoms with Gasteiger partial charge >= 0.3 is 5.97 Å². The zero-order valence-corrected chi connectivity index (χ0v) is 12.9. The van der Waals surface area contributed by atoms with E-state index in [-0.39, 0.29) is 0 Å². The first-order valence-corrected chi connectivity index (χ1v) is 6.63. The number of unbranched alkanes of at least 4 members (excludes halogenated alkanes) is 2. The minimum absolute atomic E-state index is 0.324. The maximum Gasteiger partial charge on any atom is 0.303 e. The quantitative estimate of drug-likeness (QED) is 0.681. The van der Waals surface area contributed by atoms with Crippen molar-refractivity contribution in [3.05, 3.63) is 0 Å². The lowest BCUT2D eigenvalue weighted by molar-refractivity contribution is -0.137. The van der Waals surface area contributed by atoms with Crippen molar-refractivity contribution in [3.63, 3.8) is 0 Å². The minimum Gasteiger partial charge on any atom is -0.481 e. The van der Waals surface area contributed by atoms with E-state index in [2.05, 4.69) is 48.5 Å². The highest BCUT2D eigenvalue weighted by molar-refractivity contribution is 5.66. The van der Waals surface area contributed by atoms with Crippen LogP contribution >= 0.6 is 0 Å². The van der Waals surface area contributed by atoms with Crippen LogP contribution in [-0.4, -0.2) is 11.1 Å². The van der Waals surface area contributed by atoms with Gasteiger partial charge in [0.05, 0.1) is 0 Å². The Kier molecular flexibility index (Phi) is 9.46. The summed E-state index contributed by atoms with van der Waals surface area (Å²) in [6, 6.07) is 0. The van der Waals surface area contributed by atoms with Crippen LogP contribution in [0.25, 0.3) is 0 Å². The first-order valence-electron chi connectivity index (χ1n) is 6.63. The lowest BCUT2D eigenvalue weighted by Gasteiger charge is -2.17. The molecule has 0 amide bonds. The van der Waals surface area contributed by atoms with Crippen molar-refractivity contribution < 1.29 is 9.90 Å². The van der Waals surface area contributed by atoms with Gasteiger partial charge in [0, 0.05) is 6.42 Å². The molecule has 0 aliphatic carbocycles. The third kappa shape index (κ3) is 39.1. The first kappa shape index (κ1) is 18.8. The summed E-state index contributed by atoms with van der Waals surface area (Å²) in [5.74, 6) is -0.675. The van der Waals surface area contributed by atoms with E-state index in [0.717, 1.165) is 19.3 Å². The maximum atomic E-state index is 10.2. The van der Waals surface area contributed by atoms with Crippen molar-refractivity contribution in [1.82, 2.24) is 0 Å². The molecule has 0 unspecified atom stereocenters. The highest BCUT2D eigenvalue weighted by Gasteiger charge is 2.08. The van der Waals surface area contributed by atoms with Crippen LogP contribution in [0.15, 0.2) is 0 Å². The van der Waals surface area contributed by atoms with Crippen LogP contribution in [0.3, 0.4) is 0 Å². The summed E-state index contributed by atoms with van der Waals surface area (Å²) in [4.78, 5) is 10.2. The summed E-state index contributed by atoms with van der Waals surface area (Å²) < 4.78 is 0. The smallest absolute Gasteiger partial charge is 0.303 e. The van der Waals surface area contributed by atoms with E-state index < -0.39 is 5.97 Å². The van der Waals surface area contributed by atoms with Gasteiger partial charge in [-0.15, -0.1) is 0 Å². The van der Waals surface area contributed by atoms with Gasteiger partial charge in [-0.25, -0.2) is 0 Å². The number of rotatable bonds is 5. The number of aliphatic carboxylic acids is 1. The maximum absolute atomic E-state index is 10.2. The van der Waals surface area contributed by atoms with Gasteiger partial charge in [-0.05, 0) is 23.7 Å². The molecule has 0 aliphatic rings. The van der Waals surface area contributed by atoms with Crippen LogP contribution < -0.4 is 0 Å². The normalized spacial score (nSPS) is 11.7. The lowest BCUT2D eigenvalue weighted by atomic mass is 9.89. The fourth-order valence-corrected chi connectivity index (χ4v) is 1.11. The van der Waals surface area contributed by atoms with Gasteiger partial charge in [0.1, 0.15) is 0 Å². The minimum atomic E-state index is -0.675. The second kappa shape index (κ2) is 8.54. The molecule has 0 aromatic heterocycles. The van der Waals surface area contributed by atoms with Gasteiger partial charge in [0.25, 0.3) is 0 Å². The van der Waals surface area contributed by atoms with E-state index in [4.69, 9.17) is 5.11 Å². The zero-order chi connectivity index (χ0) is 14.1. The SMILES string of the molecule is CC(C)(C)C.CC(C)(C)CCCCCC(=O)O. The molecule has 0 radical (unpaired) electrons. The fraction of sp³-hybridized carbons (Fsp3) is 0.933. The summed E-state index contributed by atoms with van der Waals surface area (Å²) in [6.07, 6.45) is 4.53. The van der Waals surface area contributed by atoms with Crippen molar-refractivity contribution in [2.45, 2.75) is 80.6 Å². The van der Waals surface area contributed by atoms with E-state index in [1.165, 1.54) is 6.42 Å². The Balaban J connectivity index is 0. The fourth-order valence-electron chi connectivity index (χ4n) is 1.11. The molecule has 1 N–H and O–H groups in total. The summed E-state index contributed by atoms with van der Waals surface area (Å²) >= 11 is 0. The Morgan fingerprint density at radius 1 is 0.882 bits per heavy atom. The Hall–Kier alpha value is -0.530. The molecule has 0 aromatic rings. The van der Waals surface area contributed by atoms with Gasteiger partial charge in [-0.1, -0.05) is 61.3 Å². The molecular formula is C15H32O2. The molecule has 0 atom stereocenters. The van der Waals surface area contributed by atoms with Gasteiger partial charge < -0.3 is 5.11 Å². The average Bonchev–Trinajstić information content (AvgIpc) is 1.97. The molecule has 2 heteroatoms. The molecule has 0 rings (SSSR count). The van der Waals surface area contributed by atoms with E-state index >= 15 is 0 Å². The molecular weight excluding hydrogens is 212 g/mol. The molecule has 0 bridgehead atoms. The molecule has 0 spiro atoms. The van der Waals surface area contributed by atoms with E-state index in [1.54, 1.807) is 0 Å². The molecule has 0 fully saturated rings. The summed E-state index contributed by atoms with van der Waals surface area (Å²) in [5, 5.41) is 8.37. The molecule has 0 aliphatic heterocycles. The predicted molar refractivity (Wildman–Crippen MR) is 75.3 cm³/mol. The van der Waals surface area contributed by atoms with Crippen LogP contribution in [0.5, 0.6) is 0 Å². The second-order valence-corrected chi connectivity index (χ2v) is 7.52. The lowest BCUT2D eigenvalue weighted by Crippen LogP contribution is -2.04. The van der Waals surface area contributed by atoms with E-state index in [9.17, 15) is 4.79 Å².